The Morgan fingerprint density at radius 1 is 1.67 bits per heavy atom. The van der Waals surface area contributed by atoms with Gasteiger partial charge in [-0.3, -0.25) is 4.79 Å². The van der Waals surface area contributed by atoms with Gasteiger partial charge in [-0.25, -0.2) is 5.43 Å². The quantitative estimate of drug-likeness (QED) is 0.619. The highest BCUT2D eigenvalue weighted by Gasteiger charge is 2.02. The molecule has 0 fully saturated rings. The Labute approximate surface area is 94.2 Å². The van der Waals surface area contributed by atoms with Gasteiger partial charge in [-0.1, -0.05) is 13.8 Å². The molecule has 0 bridgehead atoms. The van der Waals surface area contributed by atoms with Crippen LogP contribution in [0.5, 0.6) is 0 Å². The van der Waals surface area contributed by atoms with Crippen LogP contribution in [0.25, 0.3) is 0 Å². The number of rotatable bonds is 4. The van der Waals surface area contributed by atoms with Crippen LogP contribution in [0, 0.1) is 12.8 Å². The van der Waals surface area contributed by atoms with Crippen LogP contribution in [0.1, 0.15) is 30.7 Å². The van der Waals surface area contributed by atoms with Crippen LogP contribution < -0.4 is 5.43 Å². The van der Waals surface area contributed by atoms with Crippen molar-refractivity contribution < 1.29 is 4.79 Å². The van der Waals surface area contributed by atoms with Gasteiger partial charge in [0.2, 0.25) is 5.91 Å². The summed E-state index contributed by atoms with van der Waals surface area (Å²) in [5.41, 5.74) is 3.70. The van der Waals surface area contributed by atoms with E-state index in [1.165, 1.54) is 5.56 Å². The van der Waals surface area contributed by atoms with Crippen molar-refractivity contribution in [3.05, 3.63) is 21.9 Å². The zero-order valence-electron chi connectivity index (χ0n) is 9.28. The number of hydrazone groups is 1. The molecule has 1 rings (SSSR count). The number of carbonyl (C=O) groups excluding carboxylic acids is 1. The average molecular weight is 224 g/mol. The van der Waals surface area contributed by atoms with Crippen molar-refractivity contribution in [1.82, 2.24) is 5.43 Å². The molecule has 15 heavy (non-hydrogen) atoms. The first-order valence-electron chi connectivity index (χ1n) is 4.95. The number of hydrogen-bond donors (Lipinski definition) is 1. The summed E-state index contributed by atoms with van der Waals surface area (Å²) in [6.07, 6.45) is 2.21. The molecule has 1 N–H and O–H groups in total. The van der Waals surface area contributed by atoms with Crippen LogP contribution >= 0.6 is 11.3 Å². The summed E-state index contributed by atoms with van der Waals surface area (Å²) < 4.78 is 0. The number of hydrogen-bond acceptors (Lipinski definition) is 3. The molecule has 1 aromatic heterocycles. The number of nitrogens with zero attached hydrogens (tertiary/aromatic N) is 1. The fourth-order valence-electron chi connectivity index (χ4n) is 1.10. The van der Waals surface area contributed by atoms with E-state index in [0.29, 0.717) is 12.3 Å². The van der Waals surface area contributed by atoms with Crippen molar-refractivity contribution in [2.75, 3.05) is 0 Å². The molecule has 0 saturated carbocycles. The lowest BCUT2D eigenvalue weighted by Gasteiger charge is -2.01. The summed E-state index contributed by atoms with van der Waals surface area (Å²) in [7, 11) is 0. The Bertz CT molecular complexity index is 355. The van der Waals surface area contributed by atoms with Crippen LogP contribution in [0.3, 0.4) is 0 Å². The second-order valence-corrected chi connectivity index (χ2v) is 4.81. The predicted molar refractivity (Wildman–Crippen MR) is 64.2 cm³/mol. The monoisotopic (exact) mass is 224 g/mol. The minimum Gasteiger partial charge on any atom is -0.273 e. The topological polar surface area (TPSA) is 41.5 Å². The van der Waals surface area contributed by atoms with Gasteiger partial charge < -0.3 is 0 Å². The second kappa shape index (κ2) is 5.66. The van der Waals surface area contributed by atoms with E-state index in [0.717, 1.165) is 4.88 Å². The largest absolute Gasteiger partial charge is 0.273 e. The highest BCUT2D eigenvalue weighted by Crippen LogP contribution is 2.12. The van der Waals surface area contributed by atoms with Crippen molar-refractivity contribution in [2.24, 2.45) is 11.0 Å². The van der Waals surface area contributed by atoms with Crippen molar-refractivity contribution in [3.8, 4) is 0 Å². The molecule has 4 heteroatoms. The van der Waals surface area contributed by atoms with Gasteiger partial charge in [0, 0.05) is 11.3 Å². The fraction of sp³-hybridized carbons (Fsp3) is 0.455. The van der Waals surface area contributed by atoms with Crippen molar-refractivity contribution >= 4 is 23.5 Å². The van der Waals surface area contributed by atoms with Gasteiger partial charge >= 0.3 is 0 Å². The number of aryl methyl sites for hydroxylation is 1. The zero-order chi connectivity index (χ0) is 11.3. The van der Waals surface area contributed by atoms with Gasteiger partial charge in [0.1, 0.15) is 0 Å². The lowest BCUT2D eigenvalue weighted by molar-refractivity contribution is -0.121. The van der Waals surface area contributed by atoms with Gasteiger partial charge in [0.15, 0.2) is 0 Å². The standard InChI is InChI=1S/C11H16N2OS/c1-8(2)6-11(14)13-12-7-10-9(3)4-5-15-10/h4-5,7-8H,6H2,1-3H3,(H,13,14)/b12-7-. The molecule has 0 aromatic carbocycles. The maximum absolute atomic E-state index is 11.2. The van der Waals surface area contributed by atoms with E-state index in [2.05, 4.69) is 10.5 Å². The van der Waals surface area contributed by atoms with E-state index < -0.39 is 0 Å². The molecule has 0 saturated heterocycles. The molecule has 0 unspecified atom stereocenters. The van der Waals surface area contributed by atoms with Crippen molar-refractivity contribution in [3.63, 3.8) is 0 Å². The number of amides is 1. The smallest absolute Gasteiger partial charge is 0.240 e. The molecule has 0 aliphatic heterocycles. The molecule has 1 amide bonds. The summed E-state index contributed by atoms with van der Waals surface area (Å²) in [4.78, 5) is 12.3. The molecule has 0 atom stereocenters. The van der Waals surface area contributed by atoms with Gasteiger partial charge in [0.05, 0.1) is 6.21 Å². The van der Waals surface area contributed by atoms with Crippen LogP contribution in [-0.4, -0.2) is 12.1 Å². The third-order valence-electron chi connectivity index (χ3n) is 1.87. The predicted octanol–water partition coefficient (Wildman–Crippen LogP) is 2.55. The Morgan fingerprint density at radius 2 is 2.40 bits per heavy atom. The molecular weight excluding hydrogens is 208 g/mol. The maximum Gasteiger partial charge on any atom is 0.240 e. The Balaban J connectivity index is 2.40. The van der Waals surface area contributed by atoms with Gasteiger partial charge in [0.25, 0.3) is 0 Å². The highest BCUT2D eigenvalue weighted by atomic mass is 32.1. The van der Waals surface area contributed by atoms with E-state index in [-0.39, 0.29) is 5.91 Å². The molecule has 1 aromatic rings. The summed E-state index contributed by atoms with van der Waals surface area (Å²) in [5, 5.41) is 5.92. The summed E-state index contributed by atoms with van der Waals surface area (Å²) in [6.45, 7) is 6.03. The first kappa shape index (κ1) is 11.9. The molecule has 0 aliphatic rings. The maximum atomic E-state index is 11.2. The number of thiophene rings is 1. The lowest BCUT2D eigenvalue weighted by Crippen LogP contribution is -2.18. The number of nitrogens with one attached hydrogen (secondary N) is 1. The molecule has 1 heterocycles. The molecule has 3 nitrogen and oxygen atoms in total. The van der Waals surface area contributed by atoms with Crippen LogP contribution in [0.2, 0.25) is 0 Å². The molecule has 0 radical (unpaired) electrons. The highest BCUT2D eigenvalue weighted by molar-refractivity contribution is 7.11. The van der Waals surface area contributed by atoms with Gasteiger partial charge in [-0.15, -0.1) is 11.3 Å². The second-order valence-electron chi connectivity index (χ2n) is 3.86. The van der Waals surface area contributed by atoms with Crippen LogP contribution in [0.4, 0.5) is 0 Å². The van der Waals surface area contributed by atoms with E-state index in [1.54, 1.807) is 17.6 Å². The molecule has 0 aliphatic carbocycles. The summed E-state index contributed by atoms with van der Waals surface area (Å²) in [6, 6.07) is 2.03. The SMILES string of the molecule is Cc1ccsc1/C=N\NC(=O)CC(C)C. The Kier molecular flexibility index (Phi) is 4.49. The molecule has 82 valence electrons. The van der Waals surface area contributed by atoms with Crippen LogP contribution in [0.15, 0.2) is 16.5 Å². The minimum absolute atomic E-state index is 0.0320. The van der Waals surface area contributed by atoms with Crippen molar-refractivity contribution in [2.45, 2.75) is 27.2 Å². The third kappa shape index (κ3) is 4.25. The first-order valence-corrected chi connectivity index (χ1v) is 5.83. The van der Waals surface area contributed by atoms with E-state index >= 15 is 0 Å². The number of carbonyl (C=O) groups is 1. The van der Waals surface area contributed by atoms with E-state index in [1.807, 2.05) is 32.2 Å². The van der Waals surface area contributed by atoms with Crippen LogP contribution in [-0.2, 0) is 4.79 Å². The van der Waals surface area contributed by atoms with E-state index in [9.17, 15) is 4.79 Å². The van der Waals surface area contributed by atoms with Gasteiger partial charge in [-0.2, -0.15) is 5.10 Å². The lowest BCUT2D eigenvalue weighted by atomic mass is 10.1. The molecule has 0 spiro atoms. The first-order chi connectivity index (χ1) is 7.09. The Hall–Kier alpha value is -1.16. The average Bonchev–Trinajstić information content (AvgIpc) is 2.50. The van der Waals surface area contributed by atoms with E-state index in [4.69, 9.17) is 0 Å². The zero-order valence-corrected chi connectivity index (χ0v) is 10.1. The minimum atomic E-state index is -0.0320. The summed E-state index contributed by atoms with van der Waals surface area (Å²) in [5.74, 6) is 0.333. The Morgan fingerprint density at radius 3 is 2.93 bits per heavy atom. The normalized spacial score (nSPS) is 11.2. The molecular formula is C11H16N2OS. The summed E-state index contributed by atoms with van der Waals surface area (Å²) >= 11 is 1.61. The van der Waals surface area contributed by atoms with Crippen molar-refractivity contribution in [1.29, 1.82) is 0 Å². The third-order valence-corrected chi connectivity index (χ3v) is 2.82. The van der Waals surface area contributed by atoms with Gasteiger partial charge in [-0.05, 0) is 29.9 Å². The fourth-order valence-corrected chi connectivity index (χ4v) is 1.88.